The quantitative estimate of drug-likeness (QED) is 0.859. The second kappa shape index (κ2) is 8.52. The zero-order chi connectivity index (χ0) is 17.6. The van der Waals surface area contributed by atoms with E-state index >= 15 is 0 Å². The molecule has 0 saturated carbocycles. The van der Waals surface area contributed by atoms with Crippen molar-refractivity contribution < 1.29 is 9.18 Å². The average molecular weight is 348 g/mol. The monoisotopic (exact) mass is 348 g/mol. The lowest BCUT2D eigenvalue weighted by Gasteiger charge is -2.32. The Morgan fingerprint density at radius 3 is 2.76 bits per heavy atom. The molecule has 0 aromatic heterocycles. The number of urea groups is 1. The van der Waals surface area contributed by atoms with E-state index in [0.29, 0.717) is 12.5 Å². The summed E-state index contributed by atoms with van der Waals surface area (Å²) in [6, 6.07) is 6.84. The van der Waals surface area contributed by atoms with E-state index in [-0.39, 0.29) is 17.9 Å². The fourth-order valence-corrected chi connectivity index (χ4v) is 3.82. The molecule has 1 aromatic carbocycles. The van der Waals surface area contributed by atoms with Crippen LogP contribution in [0.1, 0.15) is 26.2 Å². The van der Waals surface area contributed by atoms with Crippen molar-refractivity contribution in [2.24, 2.45) is 5.92 Å². The molecule has 0 bridgehead atoms. The second-order valence-corrected chi connectivity index (χ2v) is 7.16. The van der Waals surface area contributed by atoms with Crippen LogP contribution in [0.4, 0.5) is 14.9 Å². The molecule has 5 nitrogen and oxygen atoms in total. The molecule has 2 aliphatic heterocycles. The number of benzene rings is 1. The number of likely N-dealkylation sites (tertiary alicyclic amines) is 1. The smallest absolute Gasteiger partial charge is 0.315 e. The molecule has 1 aromatic rings. The van der Waals surface area contributed by atoms with E-state index in [1.807, 2.05) is 12.1 Å². The van der Waals surface area contributed by atoms with Crippen molar-refractivity contribution in [3.05, 3.63) is 30.1 Å². The highest BCUT2D eigenvalue weighted by molar-refractivity contribution is 5.74. The standard InChI is InChI=1S/C19H29FN4O/c1-2-23-10-3-4-17(14-23)22-19(25)21-12-15-9-11-24(13-15)18-7-5-16(20)6-8-18/h5-8,15,17H,2-4,9-14H2,1H3,(H2,21,22,25). The summed E-state index contributed by atoms with van der Waals surface area (Å²) >= 11 is 0. The molecule has 138 valence electrons. The van der Waals surface area contributed by atoms with Crippen molar-refractivity contribution in [1.82, 2.24) is 15.5 Å². The van der Waals surface area contributed by atoms with Gasteiger partial charge in [-0.15, -0.1) is 0 Å². The highest BCUT2D eigenvalue weighted by Crippen LogP contribution is 2.23. The van der Waals surface area contributed by atoms with Crippen LogP contribution in [0.15, 0.2) is 24.3 Å². The third kappa shape index (κ3) is 5.08. The van der Waals surface area contributed by atoms with E-state index in [9.17, 15) is 9.18 Å². The molecule has 2 fully saturated rings. The Morgan fingerprint density at radius 2 is 2.00 bits per heavy atom. The number of rotatable bonds is 5. The van der Waals surface area contributed by atoms with Gasteiger partial charge in [0.05, 0.1) is 0 Å². The van der Waals surface area contributed by atoms with Gasteiger partial charge < -0.3 is 20.4 Å². The third-order valence-corrected chi connectivity index (χ3v) is 5.32. The highest BCUT2D eigenvalue weighted by atomic mass is 19.1. The van der Waals surface area contributed by atoms with Crippen LogP contribution in [0.3, 0.4) is 0 Å². The number of carbonyl (C=O) groups excluding carboxylic acids is 1. The second-order valence-electron chi connectivity index (χ2n) is 7.16. The first-order valence-corrected chi connectivity index (χ1v) is 9.41. The van der Waals surface area contributed by atoms with Crippen molar-refractivity contribution in [3.8, 4) is 0 Å². The van der Waals surface area contributed by atoms with Gasteiger partial charge in [-0.3, -0.25) is 0 Å². The first-order valence-electron chi connectivity index (χ1n) is 9.41. The lowest BCUT2D eigenvalue weighted by molar-refractivity contribution is 0.192. The SMILES string of the molecule is CCN1CCCC(NC(=O)NCC2CCN(c3ccc(F)cc3)C2)C1. The van der Waals surface area contributed by atoms with Crippen LogP contribution < -0.4 is 15.5 Å². The van der Waals surface area contributed by atoms with Gasteiger partial charge >= 0.3 is 6.03 Å². The van der Waals surface area contributed by atoms with E-state index in [4.69, 9.17) is 0 Å². The molecular formula is C19H29FN4O. The maximum atomic E-state index is 13.0. The summed E-state index contributed by atoms with van der Waals surface area (Å²) in [5.41, 5.74) is 1.05. The molecule has 25 heavy (non-hydrogen) atoms. The minimum atomic E-state index is -0.206. The molecule has 2 amide bonds. The lowest BCUT2D eigenvalue weighted by atomic mass is 10.1. The first-order chi connectivity index (χ1) is 12.1. The molecule has 6 heteroatoms. The summed E-state index contributed by atoms with van der Waals surface area (Å²) in [4.78, 5) is 16.8. The van der Waals surface area contributed by atoms with Crippen molar-refractivity contribution in [3.63, 3.8) is 0 Å². The number of anilines is 1. The zero-order valence-corrected chi connectivity index (χ0v) is 15.0. The Morgan fingerprint density at radius 1 is 1.20 bits per heavy atom. The van der Waals surface area contributed by atoms with Crippen molar-refractivity contribution in [1.29, 1.82) is 0 Å². The number of hydrogen-bond donors (Lipinski definition) is 2. The van der Waals surface area contributed by atoms with Gasteiger partial charge in [-0.25, -0.2) is 9.18 Å². The summed E-state index contributed by atoms with van der Waals surface area (Å²) < 4.78 is 13.0. The van der Waals surface area contributed by atoms with Crippen LogP contribution in [-0.2, 0) is 0 Å². The van der Waals surface area contributed by atoms with Gasteiger partial charge in [0, 0.05) is 37.9 Å². The lowest BCUT2D eigenvalue weighted by Crippen LogP contribution is -2.51. The summed E-state index contributed by atoms with van der Waals surface area (Å²) in [5, 5.41) is 6.14. The number of likely N-dealkylation sites (N-methyl/N-ethyl adjacent to an activating group) is 1. The van der Waals surface area contributed by atoms with Gasteiger partial charge in [0.15, 0.2) is 0 Å². The minimum absolute atomic E-state index is 0.0526. The molecule has 2 heterocycles. The minimum Gasteiger partial charge on any atom is -0.371 e. The van der Waals surface area contributed by atoms with E-state index in [1.165, 1.54) is 12.1 Å². The van der Waals surface area contributed by atoms with E-state index in [0.717, 1.165) is 57.7 Å². The van der Waals surface area contributed by atoms with Gasteiger partial charge in [0.25, 0.3) is 0 Å². The van der Waals surface area contributed by atoms with E-state index < -0.39 is 0 Å². The van der Waals surface area contributed by atoms with Crippen LogP contribution in [0.25, 0.3) is 0 Å². The van der Waals surface area contributed by atoms with Gasteiger partial charge in [-0.1, -0.05) is 6.92 Å². The predicted molar refractivity (Wildman–Crippen MR) is 98.4 cm³/mol. The van der Waals surface area contributed by atoms with E-state index in [1.54, 1.807) is 0 Å². The molecule has 0 spiro atoms. The predicted octanol–water partition coefficient (Wildman–Crippen LogP) is 2.44. The molecule has 2 atom stereocenters. The largest absolute Gasteiger partial charge is 0.371 e. The molecule has 0 radical (unpaired) electrons. The molecule has 2 unspecified atom stereocenters. The van der Waals surface area contributed by atoms with Crippen LogP contribution in [0.2, 0.25) is 0 Å². The molecule has 2 N–H and O–H groups in total. The number of amides is 2. The Hall–Kier alpha value is -1.82. The Balaban J connectivity index is 1.39. The number of piperidine rings is 1. The van der Waals surface area contributed by atoms with Gasteiger partial charge in [0.2, 0.25) is 0 Å². The normalized spacial score (nSPS) is 24.3. The fourth-order valence-electron chi connectivity index (χ4n) is 3.82. The maximum Gasteiger partial charge on any atom is 0.315 e. The first kappa shape index (κ1) is 18.0. The molecule has 2 saturated heterocycles. The summed E-state index contributed by atoms with van der Waals surface area (Å²) in [7, 11) is 0. The third-order valence-electron chi connectivity index (χ3n) is 5.32. The fraction of sp³-hybridized carbons (Fsp3) is 0.632. The zero-order valence-electron chi connectivity index (χ0n) is 15.0. The number of nitrogens with one attached hydrogen (secondary N) is 2. The molecule has 2 aliphatic rings. The summed E-state index contributed by atoms with van der Waals surface area (Å²) in [6.45, 7) is 7.83. The Kier molecular flexibility index (Phi) is 6.13. The van der Waals surface area contributed by atoms with Crippen LogP contribution in [-0.4, -0.2) is 56.2 Å². The van der Waals surface area contributed by atoms with Crippen molar-refractivity contribution in [2.45, 2.75) is 32.2 Å². The summed E-state index contributed by atoms with van der Waals surface area (Å²) in [5.74, 6) is 0.233. The average Bonchev–Trinajstić information content (AvgIpc) is 3.10. The summed E-state index contributed by atoms with van der Waals surface area (Å²) in [6.07, 6.45) is 3.25. The number of hydrogen-bond acceptors (Lipinski definition) is 3. The number of halogens is 1. The Labute approximate surface area is 149 Å². The number of nitrogens with zero attached hydrogens (tertiary/aromatic N) is 2. The van der Waals surface area contributed by atoms with Crippen LogP contribution >= 0.6 is 0 Å². The molecule has 3 rings (SSSR count). The highest BCUT2D eigenvalue weighted by Gasteiger charge is 2.24. The van der Waals surface area contributed by atoms with Gasteiger partial charge in [-0.05, 0) is 62.5 Å². The maximum absolute atomic E-state index is 13.0. The van der Waals surface area contributed by atoms with Crippen molar-refractivity contribution in [2.75, 3.05) is 44.2 Å². The molecule has 0 aliphatic carbocycles. The molecular weight excluding hydrogens is 319 g/mol. The van der Waals surface area contributed by atoms with Crippen molar-refractivity contribution >= 4 is 11.7 Å². The van der Waals surface area contributed by atoms with E-state index in [2.05, 4.69) is 27.4 Å². The van der Waals surface area contributed by atoms with Gasteiger partial charge in [0.1, 0.15) is 5.82 Å². The van der Waals surface area contributed by atoms with Crippen LogP contribution in [0, 0.1) is 11.7 Å². The van der Waals surface area contributed by atoms with Gasteiger partial charge in [-0.2, -0.15) is 0 Å². The number of carbonyl (C=O) groups is 1. The Bertz CT molecular complexity index is 565. The topological polar surface area (TPSA) is 47.6 Å². The van der Waals surface area contributed by atoms with Crippen LogP contribution in [0.5, 0.6) is 0 Å².